The van der Waals surface area contributed by atoms with E-state index >= 15 is 0 Å². The number of hydrogen-bond donors (Lipinski definition) is 3. The van der Waals surface area contributed by atoms with Gasteiger partial charge in [0.1, 0.15) is 11.9 Å². The lowest BCUT2D eigenvalue weighted by atomic mass is 10.0. The number of urea groups is 1. The third kappa shape index (κ3) is 4.51. The van der Waals surface area contributed by atoms with Gasteiger partial charge in [0.25, 0.3) is 5.91 Å². The van der Waals surface area contributed by atoms with Crippen LogP contribution in [0.1, 0.15) is 31.4 Å². The number of allylic oxidation sites excluding steroid dienone is 1. The van der Waals surface area contributed by atoms with Crippen molar-refractivity contribution in [2.75, 3.05) is 14.1 Å². The molecule has 4 amide bonds. The fourth-order valence-electron chi connectivity index (χ4n) is 3.02. The topological polar surface area (TPSA) is 106 Å². The third-order valence-electron chi connectivity index (χ3n) is 4.60. The van der Waals surface area contributed by atoms with Gasteiger partial charge >= 0.3 is 6.03 Å². The first-order chi connectivity index (χ1) is 13.3. The summed E-state index contributed by atoms with van der Waals surface area (Å²) in [6.07, 6.45) is 3.02. The Balaban J connectivity index is 2.13. The summed E-state index contributed by atoms with van der Waals surface area (Å²) in [4.78, 5) is 39.7. The van der Waals surface area contributed by atoms with E-state index in [1.807, 2.05) is 13.0 Å². The van der Waals surface area contributed by atoms with Crippen molar-refractivity contribution in [1.82, 2.24) is 20.4 Å². The van der Waals surface area contributed by atoms with Crippen LogP contribution in [0.4, 0.5) is 4.79 Å². The van der Waals surface area contributed by atoms with Crippen LogP contribution in [0, 0.1) is 5.41 Å². The van der Waals surface area contributed by atoms with E-state index < -0.39 is 23.9 Å². The van der Waals surface area contributed by atoms with Crippen molar-refractivity contribution in [2.45, 2.75) is 31.8 Å². The van der Waals surface area contributed by atoms with Crippen LogP contribution >= 0.6 is 11.6 Å². The summed E-state index contributed by atoms with van der Waals surface area (Å²) in [5.74, 6) is -0.426. The zero-order chi connectivity index (χ0) is 20.8. The van der Waals surface area contributed by atoms with Crippen molar-refractivity contribution < 1.29 is 14.4 Å². The number of likely N-dealkylation sites (N-methyl/N-ethyl adjacent to an activating group) is 1. The van der Waals surface area contributed by atoms with Crippen LogP contribution in [0.3, 0.4) is 0 Å². The molecule has 0 aliphatic carbocycles. The minimum atomic E-state index is -0.878. The summed E-state index contributed by atoms with van der Waals surface area (Å²) in [6.45, 7) is 1.90. The molecule has 2 atom stereocenters. The molecular formula is C19H24ClN5O3. The largest absolute Gasteiger partial charge is 0.374 e. The molecule has 1 aromatic rings. The van der Waals surface area contributed by atoms with E-state index in [1.54, 1.807) is 25.2 Å². The molecular weight excluding hydrogens is 382 g/mol. The lowest BCUT2D eigenvalue weighted by Crippen LogP contribution is -2.64. The van der Waals surface area contributed by atoms with E-state index in [0.29, 0.717) is 17.3 Å². The van der Waals surface area contributed by atoms with Crippen molar-refractivity contribution in [3.63, 3.8) is 0 Å². The predicted molar refractivity (Wildman–Crippen MR) is 107 cm³/mol. The van der Waals surface area contributed by atoms with Gasteiger partial charge in [0.2, 0.25) is 5.91 Å². The smallest absolute Gasteiger partial charge is 0.325 e. The summed E-state index contributed by atoms with van der Waals surface area (Å²) in [6, 6.07) is 5.30. The van der Waals surface area contributed by atoms with Gasteiger partial charge in [0.05, 0.1) is 12.5 Å². The molecule has 1 aliphatic heterocycles. The molecule has 150 valence electrons. The molecule has 0 bridgehead atoms. The van der Waals surface area contributed by atoms with Crippen LogP contribution < -0.4 is 10.6 Å². The molecule has 2 rings (SSSR count). The van der Waals surface area contributed by atoms with Gasteiger partial charge in [-0.15, -0.1) is 0 Å². The van der Waals surface area contributed by atoms with Gasteiger partial charge in [0, 0.05) is 25.3 Å². The van der Waals surface area contributed by atoms with E-state index in [0.717, 1.165) is 16.7 Å². The maximum absolute atomic E-state index is 12.7. The zero-order valence-corrected chi connectivity index (χ0v) is 16.8. The van der Waals surface area contributed by atoms with Crippen LogP contribution in [-0.2, 0) is 9.59 Å². The fraction of sp³-hybridized carbons (Fsp3) is 0.368. The molecule has 3 N–H and O–H groups in total. The average molecular weight is 406 g/mol. The van der Waals surface area contributed by atoms with Gasteiger partial charge in [-0.3, -0.25) is 19.4 Å². The molecule has 0 aromatic heterocycles. The van der Waals surface area contributed by atoms with Crippen molar-refractivity contribution in [3.05, 3.63) is 46.7 Å². The summed E-state index contributed by atoms with van der Waals surface area (Å²) < 4.78 is 0. The van der Waals surface area contributed by atoms with Gasteiger partial charge < -0.3 is 16.0 Å². The monoisotopic (exact) mass is 405 g/mol. The highest BCUT2D eigenvalue weighted by molar-refractivity contribution is 6.30. The Morgan fingerprint density at radius 1 is 1.46 bits per heavy atom. The second-order valence-electron chi connectivity index (χ2n) is 6.31. The number of carbonyl (C=O) groups is 3. The first kappa shape index (κ1) is 21.4. The summed E-state index contributed by atoms with van der Waals surface area (Å²) in [5, 5.41) is 13.3. The number of imide groups is 1. The molecule has 0 radical (unpaired) electrons. The lowest BCUT2D eigenvalue weighted by Gasteiger charge is -2.40. The van der Waals surface area contributed by atoms with Crippen molar-refractivity contribution in [1.29, 1.82) is 5.41 Å². The Morgan fingerprint density at radius 3 is 2.71 bits per heavy atom. The average Bonchev–Trinajstić information content (AvgIpc) is 2.67. The molecule has 0 saturated carbocycles. The molecule has 28 heavy (non-hydrogen) atoms. The Labute approximate surface area is 169 Å². The quantitative estimate of drug-likeness (QED) is 0.478. The molecule has 9 heteroatoms. The van der Waals surface area contributed by atoms with Crippen LogP contribution in [-0.4, -0.2) is 54.0 Å². The van der Waals surface area contributed by atoms with Crippen LogP contribution in [0.15, 0.2) is 36.2 Å². The number of halogens is 1. The van der Waals surface area contributed by atoms with E-state index in [1.165, 1.54) is 18.0 Å². The second kappa shape index (κ2) is 9.36. The molecule has 1 heterocycles. The lowest BCUT2D eigenvalue weighted by molar-refractivity contribution is -0.152. The van der Waals surface area contributed by atoms with E-state index in [9.17, 15) is 14.4 Å². The molecule has 8 nitrogen and oxygen atoms in total. The fourth-order valence-corrected chi connectivity index (χ4v) is 3.21. The number of hydrogen-bond acceptors (Lipinski definition) is 5. The van der Waals surface area contributed by atoms with Gasteiger partial charge in [-0.1, -0.05) is 30.7 Å². The summed E-state index contributed by atoms with van der Waals surface area (Å²) in [5.41, 5.74) is 0.822. The molecule has 1 aliphatic rings. The predicted octanol–water partition coefficient (Wildman–Crippen LogP) is 2.27. The van der Waals surface area contributed by atoms with Gasteiger partial charge in [-0.05, 0) is 30.2 Å². The Bertz CT molecular complexity index is 811. The number of rotatable bonds is 7. The molecule has 1 aromatic carbocycles. The number of nitrogens with zero attached hydrogens (tertiary/aromatic N) is 2. The van der Waals surface area contributed by atoms with E-state index in [-0.39, 0.29) is 12.5 Å². The molecule has 2 unspecified atom stereocenters. The second-order valence-corrected chi connectivity index (χ2v) is 6.75. The Morgan fingerprint density at radius 2 is 2.18 bits per heavy atom. The van der Waals surface area contributed by atoms with Crippen molar-refractivity contribution >= 4 is 35.7 Å². The van der Waals surface area contributed by atoms with Crippen molar-refractivity contribution in [2.24, 2.45) is 0 Å². The number of likely N-dealkylation sites (tertiary alicyclic amines) is 1. The molecule has 0 spiro atoms. The Hall–Kier alpha value is -2.87. The SMILES string of the molecule is CCC(NC(=O)N1C(=O)CC1C(=O)N(C)/C(=C/C=N)NC)c1cccc(Cl)c1. The first-order valence-corrected chi connectivity index (χ1v) is 9.25. The Kier molecular flexibility index (Phi) is 7.17. The first-order valence-electron chi connectivity index (χ1n) is 8.88. The number of amides is 4. The molecule has 1 fully saturated rings. The number of β-lactam (4-membered cyclic amide) rings is 1. The van der Waals surface area contributed by atoms with Gasteiger partial charge in [0.15, 0.2) is 0 Å². The molecule has 1 saturated heterocycles. The number of carbonyl (C=O) groups excluding carboxylic acids is 3. The maximum Gasteiger partial charge on any atom is 0.325 e. The highest BCUT2D eigenvalue weighted by atomic mass is 35.5. The van der Waals surface area contributed by atoms with Crippen LogP contribution in [0.5, 0.6) is 0 Å². The number of nitrogens with one attached hydrogen (secondary N) is 3. The van der Waals surface area contributed by atoms with E-state index in [2.05, 4.69) is 10.6 Å². The third-order valence-corrected chi connectivity index (χ3v) is 4.83. The standard InChI is InChI=1S/C19H24ClN5O3/c1-4-14(12-6-5-7-13(20)10-12)23-19(28)25-15(11-17(25)26)18(27)24(3)16(22-2)8-9-21/h5-10,14-15,21-22H,4,11H2,1-3H3,(H,23,28)/b16-8+,21-9?. The van der Waals surface area contributed by atoms with Crippen LogP contribution in [0.2, 0.25) is 5.02 Å². The van der Waals surface area contributed by atoms with Gasteiger partial charge in [-0.2, -0.15) is 0 Å². The summed E-state index contributed by atoms with van der Waals surface area (Å²) >= 11 is 6.02. The van der Waals surface area contributed by atoms with Gasteiger partial charge in [-0.25, -0.2) is 4.79 Å². The minimum Gasteiger partial charge on any atom is -0.374 e. The highest BCUT2D eigenvalue weighted by Crippen LogP contribution is 2.25. The van der Waals surface area contributed by atoms with Crippen molar-refractivity contribution in [3.8, 4) is 0 Å². The van der Waals surface area contributed by atoms with Crippen LogP contribution in [0.25, 0.3) is 0 Å². The minimum absolute atomic E-state index is 0.0356. The maximum atomic E-state index is 12.7. The zero-order valence-electron chi connectivity index (χ0n) is 16.0. The number of benzene rings is 1. The normalized spacial score (nSPS) is 17.4. The highest BCUT2D eigenvalue weighted by Gasteiger charge is 2.47. The van der Waals surface area contributed by atoms with E-state index in [4.69, 9.17) is 17.0 Å². The summed E-state index contributed by atoms with van der Waals surface area (Å²) in [7, 11) is 3.14.